The van der Waals surface area contributed by atoms with Crippen molar-refractivity contribution in [3.63, 3.8) is 0 Å². The molecule has 68 valence electrons. The van der Waals surface area contributed by atoms with Crippen LogP contribution in [-0.2, 0) is 10.6 Å². The monoisotopic (exact) mass is 198 g/mol. The third kappa shape index (κ3) is 11.7. The van der Waals surface area contributed by atoms with E-state index >= 15 is 0 Å². The van der Waals surface area contributed by atoms with Crippen molar-refractivity contribution in [1.82, 2.24) is 0 Å². The molecule has 1 rings (SSSR count). The van der Waals surface area contributed by atoms with Gasteiger partial charge in [-0.15, -0.1) is 0 Å². The quantitative estimate of drug-likeness (QED) is 0.597. The minimum absolute atomic E-state index is 0.178. The van der Waals surface area contributed by atoms with Gasteiger partial charge in [-0.3, -0.25) is 0 Å². The molecule has 6 heteroatoms. The molecule has 0 aliphatic carbocycles. The van der Waals surface area contributed by atoms with Gasteiger partial charge in [0.2, 0.25) is 0 Å². The molecular weight excluding hydrogens is 193 g/mol. The summed E-state index contributed by atoms with van der Waals surface area (Å²) in [6.07, 6.45) is 0. The molecule has 0 aliphatic heterocycles. The fourth-order valence-corrected chi connectivity index (χ4v) is 0.415. The molecule has 0 fully saturated rings. The van der Waals surface area contributed by atoms with Crippen molar-refractivity contribution in [2.45, 2.75) is 0 Å². The van der Waals surface area contributed by atoms with Crippen LogP contribution in [0.25, 0.3) is 0 Å². The highest BCUT2D eigenvalue weighted by Crippen LogP contribution is 1.91. The lowest BCUT2D eigenvalue weighted by Gasteiger charge is -1.78. The van der Waals surface area contributed by atoms with Gasteiger partial charge < -0.3 is 0 Å². The zero-order valence-electron chi connectivity index (χ0n) is 5.75. The van der Waals surface area contributed by atoms with E-state index in [4.69, 9.17) is 8.42 Å². The lowest BCUT2D eigenvalue weighted by molar-refractivity contribution is 0.501. The molecule has 0 aromatic heterocycles. The third-order valence-electron chi connectivity index (χ3n) is 0.733. The van der Waals surface area contributed by atoms with E-state index in [1.54, 1.807) is 18.2 Å². The summed E-state index contributed by atoms with van der Waals surface area (Å²) in [6.45, 7) is 0. The molecule has 0 saturated carbocycles. The van der Waals surface area contributed by atoms with E-state index in [0.29, 0.717) is 0 Å². The van der Waals surface area contributed by atoms with Crippen LogP contribution in [0.3, 0.4) is 0 Å². The van der Waals surface area contributed by atoms with Gasteiger partial charge in [0, 0.05) is 0 Å². The zero-order chi connectivity index (χ0) is 9.61. The summed E-state index contributed by atoms with van der Waals surface area (Å²) < 4.78 is 48.5. The molecule has 1 aromatic carbocycles. The van der Waals surface area contributed by atoms with Crippen molar-refractivity contribution in [2.75, 3.05) is 0 Å². The Morgan fingerprint density at radius 3 is 1.50 bits per heavy atom. The number of benzene rings is 1. The van der Waals surface area contributed by atoms with Crippen LogP contribution in [0.2, 0.25) is 0 Å². The average Bonchev–Trinajstić information content (AvgIpc) is 1.85. The number of halogens is 3. The van der Waals surface area contributed by atoms with E-state index in [1.165, 1.54) is 12.1 Å². The van der Waals surface area contributed by atoms with Gasteiger partial charge in [-0.2, -0.15) is 8.42 Å². The third-order valence-corrected chi connectivity index (χ3v) is 0.733. The molecule has 0 bridgehead atoms. The first kappa shape index (κ1) is 11.0. The molecule has 0 N–H and O–H groups in total. The van der Waals surface area contributed by atoms with Crippen molar-refractivity contribution >= 4 is 10.6 Å². The predicted molar refractivity (Wildman–Crippen MR) is 37.5 cm³/mol. The number of rotatable bonds is 0. The van der Waals surface area contributed by atoms with Crippen LogP contribution < -0.4 is 0 Å². The van der Waals surface area contributed by atoms with Crippen LogP contribution in [0.5, 0.6) is 0 Å². The molecule has 0 radical (unpaired) electrons. The van der Waals surface area contributed by atoms with Crippen molar-refractivity contribution < 1.29 is 20.6 Å². The summed E-state index contributed by atoms with van der Waals surface area (Å²) in [5.41, 5.74) is 0. The molecular formula is C6H5F3O2S. The van der Waals surface area contributed by atoms with Gasteiger partial charge in [-0.25, -0.2) is 4.39 Å². The van der Waals surface area contributed by atoms with E-state index in [0.717, 1.165) is 0 Å². The number of hydrogen-bond acceptors (Lipinski definition) is 2. The van der Waals surface area contributed by atoms with Gasteiger partial charge in [0.1, 0.15) is 5.82 Å². The Morgan fingerprint density at radius 1 is 1.00 bits per heavy atom. The fraction of sp³-hybridized carbons (Fsp3) is 0. The predicted octanol–water partition coefficient (Wildman–Crippen LogP) is 2.00. The summed E-state index contributed by atoms with van der Waals surface area (Å²) >= 11 is 0. The van der Waals surface area contributed by atoms with Gasteiger partial charge in [0.15, 0.2) is 0 Å². The molecule has 2 nitrogen and oxygen atoms in total. The lowest BCUT2D eigenvalue weighted by Crippen LogP contribution is -1.69. The van der Waals surface area contributed by atoms with E-state index in [9.17, 15) is 12.2 Å². The van der Waals surface area contributed by atoms with Gasteiger partial charge in [0.05, 0.1) is 0 Å². The Morgan fingerprint density at radius 2 is 1.33 bits per heavy atom. The van der Waals surface area contributed by atoms with E-state index in [-0.39, 0.29) is 5.82 Å². The van der Waals surface area contributed by atoms with Crippen LogP contribution >= 0.6 is 0 Å². The van der Waals surface area contributed by atoms with Crippen molar-refractivity contribution in [3.8, 4) is 0 Å². The Kier molecular flexibility index (Phi) is 4.35. The number of hydrogen-bond donors (Lipinski definition) is 0. The molecule has 12 heavy (non-hydrogen) atoms. The summed E-state index contributed by atoms with van der Waals surface area (Å²) in [6, 6.07) is 7.94. The normalized spacial score (nSPS) is 9.92. The highest BCUT2D eigenvalue weighted by molar-refractivity contribution is 7.81. The maximum absolute atomic E-state index is 11.9. The Bertz CT molecular complexity index is 301. The minimum Gasteiger partial charge on any atom is -0.207 e. The molecule has 0 saturated heterocycles. The van der Waals surface area contributed by atoms with Crippen molar-refractivity contribution in [1.29, 1.82) is 0 Å². The smallest absolute Gasteiger partial charge is 0.207 e. The van der Waals surface area contributed by atoms with E-state index < -0.39 is 10.6 Å². The van der Waals surface area contributed by atoms with E-state index in [1.807, 2.05) is 0 Å². The molecule has 0 amide bonds. The Labute approximate surface area is 68.2 Å². The SMILES string of the molecule is Fc1ccccc1.O=S(=O)(F)F. The summed E-state index contributed by atoms with van der Waals surface area (Å²) in [4.78, 5) is 0. The second-order valence-electron chi connectivity index (χ2n) is 1.67. The molecule has 0 aliphatic rings. The first-order chi connectivity index (χ1) is 5.39. The highest BCUT2D eigenvalue weighted by atomic mass is 32.3. The standard InChI is InChI=1S/C6H5F.F2O2S/c7-6-4-2-1-3-5-6;1-5(2,3)4/h1-5H;. The molecule has 0 spiro atoms. The fourth-order valence-electron chi connectivity index (χ4n) is 0.415. The Balaban J connectivity index is 0.000000217. The van der Waals surface area contributed by atoms with Crippen LogP contribution in [0.15, 0.2) is 30.3 Å². The van der Waals surface area contributed by atoms with Crippen molar-refractivity contribution in [3.05, 3.63) is 36.1 Å². The van der Waals surface area contributed by atoms with Crippen molar-refractivity contribution in [2.24, 2.45) is 0 Å². The van der Waals surface area contributed by atoms with Crippen LogP contribution in [0.1, 0.15) is 0 Å². The largest absolute Gasteiger partial charge is 0.476 e. The second-order valence-corrected chi connectivity index (χ2v) is 2.43. The molecule has 1 aromatic rings. The van der Waals surface area contributed by atoms with Gasteiger partial charge >= 0.3 is 10.6 Å². The lowest BCUT2D eigenvalue weighted by atomic mass is 10.4. The highest BCUT2D eigenvalue weighted by Gasteiger charge is 1.94. The van der Waals surface area contributed by atoms with Crippen LogP contribution in [0, 0.1) is 5.82 Å². The van der Waals surface area contributed by atoms with Gasteiger partial charge in [0.25, 0.3) is 0 Å². The maximum Gasteiger partial charge on any atom is 0.476 e. The topological polar surface area (TPSA) is 34.1 Å². The first-order valence-electron chi connectivity index (χ1n) is 2.74. The first-order valence-corrected chi connectivity index (χ1v) is 4.03. The average molecular weight is 198 g/mol. The summed E-state index contributed by atoms with van der Waals surface area (Å²) in [5.74, 6) is -0.178. The summed E-state index contributed by atoms with van der Waals surface area (Å²) in [5, 5.41) is 0. The van der Waals surface area contributed by atoms with Gasteiger partial charge in [-0.05, 0) is 12.1 Å². The van der Waals surface area contributed by atoms with Crippen LogP contribution in [-0.4, -0.2) is 8.42 Å². The van der Waals surface area contributed by atoms with E-state index in [2.05, 4.69) is 0 Å². The summed E-state index contributed by atoms with van der Waals surface area (Å²) in [7, 11) is -5.67. The molecule has 0 atom stereocenters. The van der Waals surface area contributed by atoms with Gasteiger partial charge in [-0.1, -0.05) is 26.0 Å². The molecule has 0 heterocycles. The molecule has 0 unspecified atom stereocenters. The van der Waals surface area contributed by atoms with Crippen LogP contribution in [0.4, 0.5) is 12.2 Å². The zero-order valence-corrected chi connectivity index (χ0v) is 6.56. The minimum atomic E-state index is -5.67. The maximum atomic E-state index is 11.9. The Hall–Kier alpha value is -1.04. The second kappa shape index (κ2) is 4.76.